The van der Waals surface area contributed by atoms with E-state index >= 15 is 0 Å². The van der Waals surface area contributed by atoms with E-state index in [1.165, 1.54) is 0 Å². The minimum Gasteiger partial charge on any atom is -0.508 e. The molecule has 0 atom stereocenters. The lowest BCUT2D eigenvalue weighted by atomic mass is 10.1. The van der Waals surface area contributed by atoms with Gasteiger partial charge in [0.05, 0.1) is 6.61 Å². The summed E-state index contributed by atoms with van der Waals surface area (Å²) in [5.41, 5.74) is 1.11. The lowest BCUT2D eigenvalue weighted by Gasteiger charge is -2.01. The van der Waals surface area contributed by atoms with Crippen molar-refractivity contribution in [3.63, 3.8) is 0 Å². The number of aromatic hydroxyl groups is 1. The van der Waals surface area contributed by atoms with Gasteiger partial charge in [0.15, 0.2) is 0 Å². The SMILES string of the molecule is CCOCCc1cccc(O)c1. The van der Waals surface area contributed by atoms with Crippen LogP contribution in [0.15, 0.2) is 24.3 Å². The molecule has 0 unspecified atom stereocenters. The molecule has 2 nitrogen and oxygen atoms in total. The predicted molar refractivity (Wildman–Crippen MR) is 48.3 cm³/mol. The Kier molecular flexibility index (Phi) is 3.61. The van der Waals surface area contributed by atoms with Crippen LogP contribution in [0.1, 0.15) is 12.5 Å². The monoisotopic (exact) mass is 166 g/mol. The first kappa shape index (κ1) is 9.07. The van der Waals surface area contributed by atoms with Crippen molar-refractivity contribution in [3.05, 3.63) is 29.8 Å². The van der Waals surface area contributed by atoms with E-state index in [1.54, 1.807) is 12.1 Å². The number of ether oxygens (including phenoxy) is 1. The zero-order chi connectivity index (χ0) is 8.81. The van der Waals surface area contributed by atoms with Crippen molar-refractivity contribution in [1.82, 2.24) is 0 Å². The predicted octanol–water partition coefficient (Wildman–Crippen LogP) is 1.97. The molecule has 1 aromatic carbocycles. The Hall–Kier alpha value is -1.02. The normalized spacial score (nSPS) is 10.1. The molecule has 0 fully saturated rings. The van der Waals surface area contributed by atoms with E-state index in [9.17, 15) is 0 Å². The molecule has 0 radical (unpaired) electrons. The van der Waals surface area contributed by atoms with Crippen molar-refractivity contribution in [2.24, 2.45) is 0 Å². The maximum absolute atomic E-state index is 9.13. The molecule has 0 saturated heterocycles. The molecule has 1 rings (SSSR count). The number of hydrogen-bond acceptors (Lipinski definition) is 2. The lowest BCUT2D eigenvalue weighted by Crippen LogP contribution is -1.97. The Bertz CT molecular complexity index is 233. The molecule has 0 aliphatic rings. The first-order chi connectivity index (χ1) is 5.83. The van der Waals surface area contributed by atoms with Gasteiger partial charge >= 0.3 is 0 Å². The minimum absolute atomic E-state index is 0.323. The third-order valence-corrected chi connectivity index (χ3v) is 1.65. The summed E-state index contributed by atoms with van der Waals surface area (Å²) in [6.07, 6.45) is 0.863. The molecular weight excluding hydrogens is 152 g/mol. The van der Waals surface area contributed by atoms with Crippen LogP contribution in [0.4, 0.5) is 0 Å². The van der Waals surface area contributed by atoms with Crippen molar-refractivity contribution in [2.45, 2.75) is 13.3 Å². The molecular formula is C10H14O2. The Morgan fingerprint density at radius 2 is 2.25 bits per heavy atom. The van der Waals surface area contributed by atoms with Gasteiger partial charge in [-0.25, -0.2) is 0 Å². The average molecular weight is 166 g/mol. The van der Waals surface area contributed by atoms with E-state index < -0.39 is 0 Å². The molecule has 0 spiro atoms. The van der Waals surface area contributed by atoms with Gasteiger partial charge in [0.25, 0.3) is 0 Å². The fourth-order valence-electron chi connectivity index (χ4n) is 1.05. The third kappa shape index (κ3) is 2.93. The van der Waals surface area contributed by atoms with Crippen molar-refractivity contribution >= 4 is 0 Å². The van der Waals surface area contributed by atoms with Gasteiger partial charge in [-0.1, -0.05) is 12.1 Å². The summed E-state index contributed by atoms with van der Waals surface area (Å²) in [4.78, 5) is 0. The molecule has 0 heterocycles. The maximum Gasteiger partial charge on any atom is 0.115 e. The molecule has 12 heavy (non-hydrogen) atoms. The van der Waals surface area contributed by atoms with Crippen molar-refractivity contribution < 1.29 is 9.84 Å². The van der Waals surface area contributed by atoms with E-state index in [2.05, 4.69) is 0 Å². The summed E-state index contributed by atoms with van der Waals surface area (Å²) in [6, 6.07) is 7.26. The van der Waals surface area contributed by atoms with Crippen LogP contribution in [0.3, 0.4) is 0 Å². The first-order valence-electron chi connectivity index (χ1n) is 4.18. The molecule has 0 amide bonds. The van der Waals surface area contributed by atoms with E-state index in [4.69, 9.17) is 9.84 Å². The van der Waals surface area contributed by atoms with Gasteiger partial charge in [0.2, 0.25) is 0 Å². The average Bonchev–Trinajstić information content (AvgIpc) is 2.05. The summed E-state index contributed by atoms with van der Waals surface area (Å²) >= 11 is 0. The highest BCUT2D eigenvalue weighted by atomic mass is 16.5. The highest BCUT2D eigenvalue weighted by Gasteiger charge is 1.93. The van der Waals surface area contributed by atoms with Crippen LogP contribution in [0.25, 0.3) is 0 Å². The molecule has 0 aliphatic carbocycles. The Morgan fingerprint density at radius 3 is 2.92 bits per heavy atom. The van der Waals surface area contributed by atoms with Crippen molar-refractivity contribution in [2.75, 3.05) is 13.2 Å². The Balaban J connectivity index is 2.41. The Labute approximate surface area is 72.8 Å². The van der Waals surface area contributed by atoms with E-state index in [-0.39, 0.29) is 0 Å². The molecule has 1 N–H and O–H groups in total. The van der Waals surface area contributed by atoms with E-state index in [1.807, 2.05) is 19.1 Å². The second kappa shape index (κ2) is 4.78. The number of hydrogen-bond donors (Lipinski definition) is 1. The summed E-state index contributed by atoms with van der Waals surface area (Å²) in [5, 5.41) is 9.13. The highest BCUT2D eigenvalue weighted by Crippen LogP contribution is 2.10. The van der Waals surface area contributed by atoms with Crippen LogP contribution in [-0.4, -0.2) is 18.3 Å². The van der Waals surface area contributed by atoms with Gasteiger partial charge in [0.1, 0.15) is 5.75 Å². The number of benzene rings is 1. The second-order valence-electron chi connectivity index (χ2n) is 2.62. The molecule has 1 aromatic rings. The largest absolute Gasteiger partial charge is 0.508 e. The molecule has 0 bridgehead atoms. The van der Waals surface area contributed by atoms with Crippen LogP contribution in [0.5, 0.6) is 5.75 Å². The van der Waals surface area contributed by atoms with Crippen LogP contribution in [-0.2, 0) is 11.2 Å². The fraction of sp³-hybridized carbons (Fsp3) is 0.400. The van der Waals surface area contributed by atoms with Crippen LogP contribution < -0.4 is 0 Å². The zero-order valence-electron chi connectivity index (χ0n) is 7.29. The summed E-state index contributed by atoms with van der Waals surface area (Å²) in [5.74, 6) is 0.323. The molecule has 2 heteroatoms. The van der Waals surface area contributed by atoms with Crippen LogP contribution in [0, 0.1) is 0 Å². The highest BCUT2D eigenvalue weighted by molar-refractivity contribution is 5.27. The minimum atomic E-state index is 0.323. The van der Waals surface area contributed by atoms with Crippen molar-refractivity contribution in [1.29, 1.82) is 0 Å². The van der Waals surface area contributed by atoms with Gasteiger partial charge in [-0.2, -0.15) is 0 Å². The topological polar surface area (TPSA) is 29.5 Å². The van der Waals surface area contributed by atoms with Crippen LogP contribution in [0.2, 0.25) is 0 Å². The quantitative estimate of drug-likeness (QED) is 0.693. The van der Waals surface area contributed by atoms with Gasteiger partial charge in [-0.05, 0) is 31.0 Å². The number of phenols is 1. The standard InChI is InChI=1S/C10H14O2/c1-2-12-7-6-9-4-3-5-10(11)8-9/h3-5,8,11H,2,6-7H2,1H3. The molecule has 0 saturated carbocycles. The zero-order valence-corrected chi connectivity index (χ0v) is 7.29. The summed E-state index contributed by atoms with van der Waals surface area (Å²) in [7, 11) is 0. The number of phenolic OH excluding ortho intramolecular Hbond substituents is 1. The number of rotatable bonds is 4. The molecule has 66 valence electrons. The maximum atomic E-state index is 9.13. The van der Waals surface area contributed by atoms with Gasteiger partial charge in [-0.3, -0.25) is 0 Å². The Morgan fingerprint density at radius 1 is 1.42 bits per heavy atom. The van der Waals surface area contributed by atoms with E-state index in [0.717, 1.165) is 25.2 Å². The van der Waals surface area contributed by atoms with Gasteiger partial charge in [-0.15, -0.1) is 0 Å². The molecule has 0 aromatic heterocycles. The smallest absolute Gasteiger partial charge is 0.115 e. The summed E-state index contributed by atoms with van der Waals surface area (Å²) in [6.45, 7) is 3.45. The van der Waals surface area contributed by atoms with Gasteiger partial charge < -0.3 is 9.84 Å². The fourth-order valence-corrected chi connectivity index (χ4v) is 1.05. The van der Waals surface area contributed by atoms with Crippen molar-refractivity contribution in [3.8, 4) is 5.75 Å². The lowest BCUT2D eigenvalue weighted by molar-refractivity contribution is 0.151. The van der Waals surface area contributed by atoms with Crippen LogP contribution >= 0.6 is 0 Å². The third-order valence-electron chi connectivity index (χ3n) is 1.65. The molecule has 0 aliphatic heterocycles. The first-order valence-corrected chi connectivity index (χ1v) is 4.18. The van der Waals surface area contributed by atoms with E-state index in [0.29, 0.717) is 5.75 Å². The second-order valence-corrected chi connectivity index (χ2v) is 2.62. The summed E-state index contributed by atoms with van der Waals surface area (Å²) < 4.78 is 5.20. The van der Waals surface area contributed by atoms with Gasteiger partial charge in [0, 0.05) is 6.61 Å².